The van der Waals surface area contributed by atoms with Gasteiger partial charge >= 0.3 is 0 Å². The molecule has 1 saturated heterocycles. The van der Waals surface area contributed by atoms with Gasteiger partial charge in [-0.15, -0.1) is 0 Å². The second-order valence-electron chi connectivity index (χ2n) is 9.76. The van der Waals surface area contributed by atoms with Crippen LogP contribution in [0.1, 0.15) is 42.4 Å². The standard InChI is InChI=1S/C28H33N3O5/c1-19(2)27(21-8-9-23-24(17-21)35-15-5-14-34-23)29-26(32)18-30-10-12-31(13-11-30)28(33)25-16-20-6-3-4-7-22(20)36-25/h3-4,6-9,16-17,19,27H,5,10-15,18H2,1-2H3,(H,29,32). The number of amides is 2. The first-order chi connectivity index (χ1) is 17.5. The monoisotopic (exact) mass is 491 g/mol. The molecule has 3 aromatic rings. The van der Waals surface area contributed by atoms with Crippen molar-refractivity contribution in [2.24, 2.45) is 5.92 Å². The Morgan fingerprint density at radius 1 is 0.944 bits per heavy atom. The van der Waals surface area contributed by atoms with Crippen molar-refractivity contribution < 1.29 is 23.5 Å². The molecule has 1 atom stereocenters. The molecule has 0 bridgehead atoms. The summed E-state index contributed by atoms with van der Waals surface area (Å²) in [7, 11) is 0. The minimum Gasteiger partial charge on any atom is -0.490 e. The Morgan fingerprint density at radius 3 is 2.44 bits per heavy atom. The normalized spacial score (nSPS) is 17.1. The number of hydrogen-bond donors (Lipinski definition) is 1. The van der Waals surface area contributed by atoms with Crippen LogP contribution in [0.3, 0.4) is 0 Å². The van der Waals surface area contributed by atoms with E-state index in [1.165, 1.54) is 0 Å². The number of rotatable bonds is 6. The molecule has 3 heterocycles. The van der Waals surface area contributed by atoms with Gasteiger partial charge in [0.25, 0.3) is 5.91 Å². The lowest BCUT2D eigenvalue weighted by Crippen LogP contribution is -2.51. The SMILES string of the molecule is CC(C)C(NC(=O)CN1CCN(C(=O)c2cc3ccccc3o2)CC1)c1ccc2c(c1)OCCCO2. The molecule has 8 heteroatoms. The molecule has 2 aliphatic heterocycles. The molecule has 1 unspecified atom stereocenters. The molecule has 0 saturated carbocycles. The zero-order valence-electron chi connectivity index (χ0n) is 20.9. The van der Waals surface area contributed by atoms with Crippen LogP contribution in [0.2, 0.25) is 0 Å². The number of nitrogens with one attached hydrogen (secondary N) is 1. The van der Waals surface area contributed by atoms with Crippen LogP contribution in [0.4, 0.5) is 0 Å². The minimum absolute atomic E-state index is 0.0297. The highest BCUT2D eigenvalue weighted by Gasteiger charge is 2.27. The fraction of sp³-hybridized carbons (Fsp3) is 0.429. The summed E-state index contributed by atoms with van der Waals surface area (Å²) >= 11 is 0. The predicted octanol–water partition coefficient (Wildman–Crippen LogP) is 3.87. The summed E-state index contributed by atoms with van der Waals surface area (Å²) < 4.78 is 17.3. The van der Waals surface area contributed by atoms with Gasteiger partial charge in [-0.2, -0.15) is 0 Å². The number of nitrogens with zero attached hydrogens (tertiary/aromatic N) is 2. The average Bonchev–Trinajstić information content (AvgIpc) is 3.18. The Hall–Kier alpha value is -3.52. The number of benzene rings is 2. The number of piperazine rings is 1. The van der Waals surface area contributed by atoms with Crippen LogP contribution >= 0.6 is 0 Å². The molecular formula is C28H33N3O5. The van der Waals surface area contributed by atoms with Crippen molar-refractivity contribution in [3.63, 3.8) is 0 Å². The highest BCUT2D eigenvalue weighted by Crippen LogP contribution is 2.34. The first-order valence-electron chi connectivity index (χ1n) is 12.7. The van der Waals surface area contributed by atoms with Crippen molar-refractivity contribution >= 4 is 22.8 Å². The Kier molecular flexibility index (Phi) is 7.13. The maximum atomic E-state index is 13.0. The molecule has 0 radical (unpaired) electrons. The van der Waals surface area contributed by atoms with E-state index >= 15 is 0 Å². The number of carbonyl (C=O) groups excluding carboxylic acids is 2. The number of para-hydroxylation sites is 1. The van der Waals surface area contributed by atoms with Gasteiger partial charge in [-0.25, -0.2) is 0 Å². The van der Waals surface area contributed by atoms with E-state index in [0.29, 0.717) is 57.3 Å². The third-order valence-corrected chi connectivity index (χ3v) is 6.78. The van der Waals surface area contributed by atoms with Crippen LogP contribution in [-0.2, 0) is 4.79 Å². The molecule has 1 N–H and O–H groups in total. The van der Waals surface area contributed by atoms with Crippen molar-refractivity contribution in [2.45, 2.75) is 26.3 Å². The molecule has 1 aromatic heterocycles. The summed E-state index contributed by atoms with van der Waals surface area (Å²) in [5, 5.41) is 4.13. The summed E-state index contributed by atoms with van der Waals surface area (Å²) in [6.45, 7) is 8.13. The number of furan rings is 1. The second-order valence-corrected chi connectivity index (χ2v) is 9.76. The molecule has 2 aromatic carbocycles. The molecule has 1 fully saturated rings. The van der Waals surface area contributed by atoms with Crippen LogP contribution in [0.25, 0.3) is 11.0 Å². The van der Waals surface area contributed by atoms with Gasteiger partial charge in [0.15, 0.2) is 17.3 Å². The Labute approximate surface area is 211 Å². The highest BCUT2D eigenvalue weighted by molar-refractivity contribution is 5.96. The molecule has 190 valence electrons. The van der Waals surface area contributed by atoms with Crippen LogP contribution < -0.4 is 14.8 Å². The van der Waals surface area contributed by atoms with E-state index in [-0.39, 0.29) is 23.8 Å². The van der Waals surface area contributed by atoms with Crippen molar-refractivity contribution in [3.05, 3.63) is 59.9 Å². The van der Waals surface area contributed by atoms with Gasteiger partial charge in [0.2, 0.25) is 5.91 Å². The summed E-state index contributed by atoms with van der Waals surface area (Å²) in [5.74, 6) is 1.91. The van der Waals surface area contributed by atoms with Crippen LogP contribution in [-0.4, -0.2) is 67.6 Å². The fourth-order valence-electron chi connectivity index (χ4n) is 4.78. The van der Waals surface area contributed by atoms with E-state index in [0.717, 1.165) is 28.9 Å². The van der Waals surface area contributed by atoms with Gasteiger partial charge in [0.05, 0.1) is 25.8 Å². The largest absolute Gasteiger partial charge is 0.490 e. The van der Waals surface area contributed by atoms with E-state index in [4.69, 9.17) is 13.9 Å². The van der Waals surface area contributed by atoms with E-state index in [1.54, 1.807) is 11.0 Å². The van der Waals surface area contributed by atoms with Crippen molar-refractivity contribution in [1.82, 2.24) is 15.1 Å². The van der Waals surface area contributed by atoms with Crippen molar-refractivity contribution in [2.75, 3.05) is 45.9 Å². The molecule has 0 spiro atoms. The Bertz CT molecular complexity index is 1200. The smallest absolute Gasteiger partial charge is 0.289 e. The van der Waals surface area contributed by atoms with Gasteiger partial charge in [0.1, 0.15) is 5.58 Å². The number of ether oxygens (including phenoxy) is 2. The predicted molar refractivity (Wildman–Crippen MR) is 136 cm³/mol. The first kappa shape index (κ1) is 24.2. The molecule has 8 nitrogen and oxygen atoms in total. The summed E-state index contributed by atoms with van der Waals surface area (Å²) in [6, 6.07) is 15.2. The second kappa shape index (κ2) is 10.6. The highest BCUT2D eigenvalue weighted by atomic mass is 16.5. The van der Waals surface area contributed by atoms with E-state index < -0.39 is 0 Å². The zero-order valence-corrected chi connectivity index (χ0v) is 20.9. The average molecular weight is 492 g/mol. The van der Waals surface area contributed by atoms with Crippen LogP contribution in [0.5, 0.6) is 11.5 Å². The van der Waals surface area contributed by atoms with Gasteiger partial charge in [-0.05, 0) is 35.7 Å². The lowest BCUT2D eigenvalue weighted by molar-refractivity contribution is -0.123. The number of carbonyl (C=O) groups is 2. The molecule has 2 amide bonds. The van der Waals surface area contributed by atoms with Gasteiger partial charge in [0, 0.05) is 38.0 Å². The molecule has 0 aliphatic carbocycles. The third-order valence-electron chi connectivity index (χ3n) is 6.78. The quantitative estimate of drug-likeness (QED) is 0.564. The third kappa shape index (κ3) is 5.33. The maximum absolute atomic E-state index is 13.0. The van der Waals surface area contributed by atoms with E-state index in [9.17, 15) is 9.59 Å². The Balaban J connectivity index is 1.16. The maximum Gasteiger partial charge on any atom is 0.289 e. The van der Waals surface area contributed by atoms with Crippen molar-refractivity contribution in [3.8, 4) is 11.5 Å². The molecular weight excluding hydrogens is 458 g/mol. The van der Waals surface area contributed by atoms with Crippen LogP contribution in [0, 0.1) is 5.92 Å². The van der Waals surface area contributed by atoms with Gasteiger partial charge < -0.3 is 24.1 Å². The van der Waals surface area contributed by atoms with Crippen molar-refractivity contribution in [1.29, 1.82) is 0 Å². The van der Waals surface area contributed by atoms with Gasteiger partial charge in [-0.3, -0.25) is 14.5 Å². The first-order valence-corrected chi connectivity index (χ1v) is 12.7. The van der Waals surface area contributed by atoms with E-state index in [1.807, 2.05) is 42.5 Å². The summed E-state index contributed by atoms with van der Waals surface area (Å²) in [4.78, 5) is 29.8. The number of hydrogen-bond acceptors (Lipinski definition) is 6. The zero-order chi connectivity index (χ0) is 25.1. The summed E-state index contributed by atoms with van der Waals surface area (Å²) in [5.41, 5.74) is 1.72. The molecule has 36 heavy (non-hydrogen) atoms. The van der Waals surface area contributed by atoms with Crippen LogP contribution in [0.15, 0.2) is 52.9 Å². The lowest BCUT2D eigenvalue weighted by Gasteiger charge is -2.34. The van der Waals surface area contributed by atoms with Gasteiger partial charge in [-0.1, -0.05) is 38.1 Å². The van der Waals surface area contributed by atoms with E-state index in [2.05, 4.69) is 24.1 Å². The minimum atomic E-state index is -0.134. The molecule has 2 aliphatic rings. The fourth-order valence-corrected chi connectivity index (χ4v) is 4.78. The number of fused-ring (bicyclic) bond motifs is 2. The summed E-state index contributed by atoms with van der Waals surface area (Å²) in [6.07, 6.45) is 0.853. The molecule has 5 rings (SSSR count). The topological polar surface area (TPSA) is 84.3 Å². The lowest BCUT2D eigenvalue weighted by atomic mass is 9.95. The Morgan fingerprint density at radius 2 is 1.69 bits per heavy atom.